The Kier molecular flexibility index (Phi) is 3.92. The van der Waals surface area contributed by atoms with Gasteiger partial charge in [-0.2, -0.15) is 15.0 Å². The minimum atomic E-state index is -0.405. The van der Waals surface area contributed by atoms with Crippen LogP contribution >= 0.6 is 23.2 Å². The number of hydrogen-bond donors (Lipinski definition) is 1. The maximum atomic E-state index is 6.21. The molecule has 6 heteroatoms. The second-order valence-electron chi connectivity index (χ2n) is 4.55. The van der Waals surface area contributed by atoms with E-state index < -0.39 is 6.04 Å². The Labute approximate surface area is 132 Å². The minimum absolute atomic E-state index is 0.405. The van der Waals surface area contributed by atoms with Crippen LogP contribution in [0.1, 0.15) is 17.3 Å². The van der Waals surface area contributed by atoms with Gasteiger partial charge in [-0.1, -0.05) is 47.5 Å². The van der Waals surface area contributed by atoms with Gasteiger partial charge in [0.15, 0.2) is 0 Å². The zero-order chi connectivity index (χ0) is 14.8. The van der Waals surface area contributed by atoms with E-state index in [0.717, 1.165) is 11.3 Å². The quantitative estimate of drug-likeness (QED) is 0.802. The zero-order valence-corrected chi connectivity index (χ0v) is 12.5. The zero-order valence-electron chi connectivity index (χ0n) is 10.9. The first-order chi connectivity index (χ1) is 10.1. The summed E-state index contributed by atoms with van der Waals surface area (Å²) >= 11 is 11.9. The molecule has 3 aromatic rings. The van der Waals surface area contributed by atoms with E-state index in [4.69, 9.17) is 28.9 Å². The lowest BCUT2D eigenvalue weighted by Gasteiger charge is -2.09. The first-order valence-electron chi connectivity index (χ1n) is 6.33. The molecule has 0 aliphatic rings. The van der Waals surface area contributed by atoms with Gasteiger partial charge in [-0.3, -0.25) is 0 Å². The first-order valence-corrected chi connectivity index (χ1v) is 7.09. The van der Waals surface area contributed by atoms with Crippen molar-refractivity contribution in [2.45, 2.75) is 6.04 Å². The Morgan fingerprint density at radius 2 is 1.76 bits per heavy atom. The number of nitrogens with zero attached hydrogens (tertiary/aromatic N) is 3. The SMILES string of the molecule is NC(c1ccc(Cl)c(Cl)c1)c1cnn(-c2ccccc2)n1. The van der Waals surface area contributed by atoms with Crippen LogP contribution in [0.2, 0.25) is 10.0 Å². The predicted octanol–water partition coefficient (Wildman–Crippen LogP) is 3.62. The van der Waals surface area contributed by atoms with Gasteiger partial charge in [-0.05, 0) is 29.8 Å². The fourth-order valence-corrected chi connectivity index (χ4v) is 2.29. The molecule has 106 valence electrons. The summed E-state index contributed by atoms with van der Waals surface area (Å²) in [5, 5.41) is 9.63. The van der Waals surface area contributed by atoms with E-state index >= 15 is 0 Å². The van der Waals surface area contributed by atoms with E-state index in [1.807, 2.05) is 36.4 Å². The summed E-state index contributed by atoms with van der Waals surface area (Å²) in [7, 11) is 0. The Morgan fingerprint density at radius 1 is 1.00 bits per heavy atom. The van der Waals surface area contributed by atoms with Gasteiger partial charge in [-0.15, -0.1) is 0 Å². The molecule has 1 atom stereocenters. The molecule has 0 saturated heterocycles. The van der Waals surface area contributed by atoms with Gasteiger partial charge >= 0.3 is 0 Å². The van der Waals surface area contributed by atoms with E-state index in [-0.39, 0.29) is 0 Å². The van der Waals surface area contributed by atoms with Gasteiger partial charge in [0, 0.05) is 0 Å². The highest BCUT2D eigenvalue weighted by Gasteiger charge is 2.14. The molecule has 0 spiro atoms. The maximum absolute atomic E-state index is 6.21. The summed E-state index contributed by atoms with van der Waals surface area (Å²) in [6.45, 7) is 0. The third kappa shape index (κ3) is 2.93. The summed E-state index contributed by atoms with van der Waals surface area (Å²) in [6.07, 6.45) is 1.65. The van der Waals surface area contributed by atoms with E-state index in [0.29, 0.717) is 15.7 Å². The second kappa shape index (κ2) is 5.85. The molecule has 2 N–H and O–H groups in total. The summed E-state index contributed by atoms with van der Waals surface area (Å²) < 4.78 is 0. The van der Waals surface area contributed by atoms with Crippen molar-refractivity contribution >= 4 is 23.2 Å². The van der Waals surface area contributed by atoms with Crippen LogP contribution in [-0.4, -0.2) is 15.0 Å². The lowest BCUT2D eigenvalue weighted by molar-refractivity contribution is 0.720. The monoisotopic (exact) mass is 318 g/mol. The molecule has 0 radical (unpaired) electrons. The Hall–Kier alpha value is -1.88. The van der Waals surface area contributed by atoms with Crippen molar-refractivity contribution in [1.29, 1.82) is 0 Å². The molecular formula is C15H12Cl2N4. The molecule has 1 heterocycles. The van der Waals surface area contributed by atoms with Crippen molar-refractivity contribution in [3.8, 4) is 5.69 Å². The number of nitrogens with two attached hydrogens (primary N) is 1. The van der Waals surface area contributed by atoms with Crippen LogP contribution in [0, 0.1) is 0 Å². The van der Waals surface area contributed by atoms with E-state index in [2.05, 4.69) is 10.2 Å². The molecule has 3 rings (SSSR count). The summed E-state index contributed by atoms with van der Waals surface area (Å²) in [5.41, 5.74) is 8.59. The summed E-state index contributed by atoms with van der Waals surface area (Å²) in [6, 6.07) is 14.5. The molecule has 0 fully saturated rings. The van der Waals surface area contributed by atoms with Crippen LogP contribution in [0.15, 0.2) is 54.7 Å². The largest absolute Gasteiger partial charge is 0.319 e. The predicted molar refractivity (Wildman–Crippen MR) is 83.9 cm³/mol. The smallest absolute Gasteiger partial charge is 0.104 e. The average Bonchev–Trinajstić information content (AvgIpc) is 3.00. The van der Waals surface area contributed by atoms with Crippen LogP contribution in [-0.2, 0) is 0 Å². The first kappa shape index (κ1) is 14.1. The molecule has 1 aromatic heterocycles. The lowest BCUT2D eigenvalue weighted by atomic mass is 10.1. The highest BCUT2D eigenvalue weighted by atomic mass is 35.5. The third-order valence-corrected chi connectivity index (χ3v) is 3.86. The minimum Gasteiger partial charge on any atom is -0.319 e. The third-order valence-electron chi connectivity index (χ3n) is 3.12. The highest BCUT2D eigenvalue weighted by Crippen LogP contribution is 2.27. The second-order valence-corrected chi connectivity index (χ2v) is 5.36. The van der Waals surface area contributed by atoms with E-state index in [9.17, 15) is 0 Å². The Bertz CT molecular complexity index is 755. The Balaban J connectivity index is 1.90. The maximum Gasteiger partial charge on any atom is 0.104 e. The van der Waals surface area contributed by atoms with Crippen molar-refractivity contribution < 1.29 is 0 Å². The van der Waals surface area contributed by atoms with Crippen molar-refractivity contribution in [3.05, 3.63) is 76.0 Å². The van der Waals surface area contributed by atoms with Crippen molar-refractivity contribution in [1.82, 2.24) is 15.0 Å². The van der Waals surface area contributed by atoms with E-state index in [1.165, 1.54) is 0 Å². The topological polar surface area (TPSA) is 56.7 Å². The molecule has 0 amide bonds. The number of benzene rings is 2. The van der Waals surface area contributed by atoms with Gasteiger partial charge in [0.1, 0.15) is 5.69 Å². The van der Waals surface area contributed by atoms with Crippen molar-refractivity contribution in [2.24, 2.45) is 5.73 Å². The molecule has 0 bridgehead atoms. The van der Waals surface area contributed by atoms with Crippen molar-refractivity contribution in [2.75, 3.05) is 0 Å². The summed E-state index contributed by atoms with van der Waals surface area (Å²) in [4.78, 5) is 1.55. The van der Waals surface area contributed by atoms with Gasteiger partial charge in [-0.25, -0.2) is 0 Å². The van der Waals surface area contributed by atoms with Crippen LogP contribution < -0.4 is 5.73 Å². The van der Waals surface area contributed by atoms with Gasteiger partial charge in [0.25, 0.3) is 0 Å². The molecule has 0 aliphatic carbocycles. The molecule has 0 saturated carbocycles. The van der Waals surface area contributed by atoms with Crippen LogP contribution in [0.25, 0.3) is 5.69 Å². The van der Waals surface area contributed by atoms with Crippen LogP contribution in [0.3, 0.4) is 0 Å². The van der Waals surface area contributed by atoms with Crippen LogP contribution in [0.4, 0.5) is 0 Å². The molecule has 4 nitrogen and oxygen atoms in total. The normalized spacial score (nSPS) is 12.3. The van der Waals surface area contributed by atoms with Gasteiger partial charge < -0.3 is 5.73 Å². The highest BCUT2D eigenvalue weighted by molar-refractivity contribution is 6.42. The van der Waals surface area contributed by atoms with E-state index in [1.54, 1.807) is 23.1 Å². The average molecular weight is 319 g/mol. The van der Waals surface area contributed by atoms with Crippen molar-refractivity contribution in [3.63, 3.8) is 0 Å². The summed E-state index contributed by atoms with van der Waals surface area (Å²) in [5.74, 6) is 0. The molecule has 2 aromatic carbocycles. The fraction of sp³-hybridized carbons (Fsp3) is 0.0667. The molecule has 21 heavy (non-hydrogen) atoms. The fourth-order valence-electron chi connectivity index (χ4n) is 1.98. The Morgan fingerprint density at radius 3 is 2.48 bits per heavy atom. The van der Waals surface area contributed by atoms with Gasteiger partial charge in [0.05, 0.1) is 28.0 Å². The van der Waals surface area contributed by atoms with Crippen LogP contribution in [0.5, 0.6) is 0 Å². The molecule has 1 unspecified atom stereocenters. The molecule has 0 aliphatic heterocycles. The number of para-hydroxylation sites is 1. The number of aromatic nitrogens is 3. The van der Waals surface area contributed by atoms with Gasteiger partial charge in [0.2, 0.25) is 0 Å². The standard InChI is InChI=1S/C15H12Cl2N4/c16-12-7-6-10(8-13(12)17)15(18)14-9-19-21(20-14)11-4-2-1-3-5-11/h1-9,15H,18H2. The number of rotatable bonds is 3. The lowest BCUT2D eigenvalue weighted by Crippen LogP contribution is -2.13. The molecular weight excluding hydrogens is 307 g/mol. The number of hydrogen-bond acceptors (Lipinski definition) is 3. The number of halogens is 2.